The van der Waals surface area contributed by atoms with Gasteiger partial charge in [-0.15, -0.1) is 0 Å². The lowest BCUT2D eigenvalue weighted by Gasteiger charge is -2.36. The molecule has 0 saturated carbocycles. The van der Waals surface area contributed by atoms with Gasteiger partial charge in [0, 0.05) is 17.0 Å². The zero-order valence-electron chi connectivity index (χ0n) is 21.3. The highest BCUT2D eigenvalue weighted by Gasteiger charge is 2.55. The van der Waals surface area contributed by atoms with Crippen LogP contribution in [0.15, 0.2) is 127 Å². The molecule has 0 N–H and O–H groups in total. The van der Waals surface area contributed by atoms with Crippen molar-refractivity contribution >= 4 is 43.7 Å². The van der Waals surface area contributed by atoms with Crippen LogP contribution in [0, 0.1) is 5.92 Å². The van der Waals surface area contributed by atoms with Crippen molar-refractivity contribution in [3.63, 3.8) is 0 Å². The summed E-state index contributed by atoms with van der Waals surface area (Å²) in [5.74, 6) is 0.360. The van der Waals surface area contributed by atoms with E-state index < -0.39 is 0 Å². The summed E-state index contributed by atoms with van der Waals surface area (Å²) in [4.78, 5) is 13.5. The Morgan fingerprint density at radius 3 is 1.95 bits per heavy atom. The maximum atomic E-state index is 13.5. The van der Waals surface area contributed by atoms with E-state index >= 15 is 0 Å². The summed E-state index contributed by atoms with van der Waals surface area (Å²) in [5, 5.41) is 8.10. The largest absolute Gasteiger partial charge is 0.289 e. The summed E-state index contributed by atoms with van der Waals surface area (Å²) >= 11 is 0. The number of ketones is 1. The van der Waals surface area contributed by atoms with E-state index in [-0.39, 0.29) is 17.1 Å². The second kappa shape index (κ2) is 7.42. The quantitative estimate of drug-likeness (QED) is 0.173. The summed E-state index contributed by atoms with van der Waals surface area (Å²) in [5.41, 5.74) is 7.91. The molecule has 182 valence electrons. The molecule has 0 fully saturated rings. The minimum Gasteiger partial charge on any atom is -0.289 e. The molecule has 1 unspecified atom stereocenters. The van der Waals surface area contributed by atoms with Crippen molar-refractivity contribution in [1.29, 1.82) is 0 Å². The van der Waals surface area contributed by atoms with Crippen LogP contribution in [-0.2, 0) is 5.41 Å². The van der Waals surface area contributed by atoms with Crippen molar-refractivity contribution in [1.82, 2.24) is 0 Å². The average molecular weight is 497 g/mol. The van der Waals surface area contributed by atoms with Gasteiger partial charge in [0.15, 0.2) is 5.78 Å². The number of benzene rings is 6. The number of hydrogen-bond acceptors (Lipinski definition) is 1. The first-order valence-electron chi connectivity index (χ1n) is 13.8. The van der Waals surface area contributed by atoms with Gasteiger partial charge in [-0.3, -0.25) is 4.79 Å². The molecule has 0 aromatic heterocycles. The number of allylic oxidation sites excluding steroid dienone is 4. The lowest BCUT2D eigenvalue weighted by Crippen LogP contribution is -2.32. The van der Waals surface area contributed by atoms with Crippen LogP contribution in [0.2, 0.25) is 0 Å². The third-order valence-corrected chi connectivity index (χ3v) is 9.47. The third kappa shape index (κ3) is 2.49. The van der Waals surface area contributed by atoms with Gasteiger partial charge < -0.3 is 0 Å². The maximum absolute atomic E-state index is 13.5. The number of rotatable bonds is 2. The highest BCUT2D eigenvalue weighted by atomic mass is 16.1. The van der Waals surface area contributed by atoms with Crippen LogP contribution in [0.3, 0.4) is 0 Å². The molecule has 9 rings (SSSR count). The molecule has 1 atom stereocenters. The number of hydrogen-bond donors (Lipinski definition) is 0. The van der Waals surface area contributed by atoms with E-state index in [0.29, 0.717) is 0 Å². The minimum absolute atomic E-state index is 0.0769. The van der Waals surface area contributed by atoms with Gasteiger partial charge >= 0.3 is 0 Å². The maximum Gasteiger partial charge on any atom is 0.193 e. The van der Waals surface area contributed by atoms with Gasteiger partial charge in [-0.25, -0.2) is 0 Å². The fourth-order valence-electron chi connectivity index (χ4n) is 8.04. The Kier molecular flexibility index (Phi) is 4.04. The Hall–Kier alpha value is -4.75. The van der Waals surface area contributed by atoms with E-state index in [4.69, 9.17) is 0 Å². The molecule has 1 heteroatoms. The Balaban J connectivity index is 1.40. The zero-order valence-corrected chi connectivity index (χ0v) is 21.3. The first-order valence-corrected chi connectivity index (χ1v) is 13.8. The van der Waals surface area contributed by atoms with Crippen LogP contribution in [-0.4, -0.2) is 5.78 Å². The Labute approximate surface area is 226 Å². The molecule has 0 aliphatic heterocycles. The predicted molar refractivity (Wildman–Crippen MR) is 160 cm³/mol. The lowest BCUT2D eigenvalue weighted by molar-refractivity contribution is 0.103. The highest BCUT2D eigenvalue weighted by molar-refractivity contribution is 6.29. The fourth-order valence-corrected chi connectivity index (χ4v) is 8.04. The summed E-state index contributed by atoms with van der Waals surface area (Å²) in [6.45, 7) is 0. The van der Waals surface area contributed by atoms with Crippen LogP contribution in [0.5, 0.6) is 0 Å². The molecule has 39 heavy (non-hydrogen) atoms. The Morgan fingerprint density at radius 1 is 0.615 bits per heavy atom. The van der Waals surface area contributed by atoms with Crippen LogP contribution < -0.4 is 0 Å². The van der Waals surface area contributed by atoms with Crippen molar-refractivity contribution in [3.05, 3.63) is 161 Å². The van der Waals surface area contributed by atoms with Gasteiger partial charge in [-0.2, -0.15) is 0 Å². The van der Waals surface area contributed by atoms with E-state index in [9.17, 15) is 4.79 Å². The van der Waals surface area contributed by atoms with Crippen molar-refractivity contribution in [2.45, 2.75) is 11.8 Å². The van der Waals surface area contributed by atoms with Crippen LogP contribution in [0.25, 0.3) is 37.9 Å². The van der Waals surface area contributed by atoms with Crippen molar-refractivity contribution in [2.24, 2.45) is 5.92 Å². The van der Waals surface area contributed by atoms with Gasteiger partial charge in [0.25, 0.3) is 0 Å². The molecule has 0 amide bonds. The minimum atomic E-state index is -0.279. The van der Waals surface area contributed by atoms with Crippen molar-refractivity contribution in [3.8, 4) is 0 Å². The van der Waals surface area contributed by atoms with E-state index in [1.165, 1.54) is 60.1 Å². The van der Waals surface area contributed by atoms with E-state index in [0.717, 1.165) is 17.5 Å². The fraction of sp³-hybridized carbons (Fsp3) is 0.0789. The molecular formula is C38H24O. The topological polar surface area (TPSA) is 17.1 Å². The number of carbonyl (C=O) groups excluding carboxylic acids is 1. The van der Waals surface area contributed by atoms with Gasteiger partial charge in [-0.05, 0) is 72.6 Å². The lowest BCUT2D eigenvalue weighted by atomic mass is 9.65. The first kappa shape index (κ1) is 21.2. The molecule has 3 aliphatic carbocycles. The monoisotopic (exact) mass is 496 g/mol. The molecule has 6 aromatic carbocycles. The normalized spacial score (nSPS) is 17.7. The van der Waals surface area contributed by atoms with E-state index in [2.05, 4.69) is 97.1 Å². The first-order chi connectivity index (χ1) is 19.3. The second-order valence-electron chi connectivity index (χ2n) is 11.1. The third-order valence-electron chi connectivity index (χ3n) is 9.47. The highest BCUT2D eigenvalue weighted by Crippen LogP contribution is 2.65. The SMILES string of the molecule is O=C(c1ccccc1)c1ccc2c(c1)C1=CC=CCC1C21c2cccc3c4ccccc4c4cccc1c4c23. The van der Waals surface area contributed by atoms with Gasteiger partial charge in [0.2, 0.25) is 0 Å². The predicted octanol–water partition coefficient (Wildman–Crippen LogP) is 9.00. The molecule has 1 nitrogen and oxygen atoms in total. The summed E-state index contributed by atoms with van der Waals surface area (Å²) < 4.78 is 0. The average Bonchev–Trinajstić information content (AvgIpc) is 3.48. The molecular weight excluding hydrogens is 472 g/mol. The van der Waals surface area contributed by atoms with Crippen molar-refractivity contribution in [2.75, 3.05) is 0 Å². The second-order valence-corrected chi connectivity index (χ2v) is 11.1. The molecule has 0 heterocycles. The van der Waals surface area contributed by atoms with Crippen molar-refractivity contribution < 1.29 is 4.79 Å². The summed E-state index contributed by atoms with van der Waals surface area (Å²) in [6.07, 6.45) is 7.77. The Morgan fingerprint density at radius 2 is 1.26 bits per heavy atom. The molecule has 0 radical (unpaired) electrons. The van der Waals surface area contributed by atoms with E-state index in [1.807, 2.05) is 30.3 Å². The van der Waals surface area contributed by atoms with Crippen LogP contribution >= 0.6 is 0 Å². The Bertz CT molecular complexity index is 2030. The zero-order chi connectivity index (χ0) is 25.7. The van der Waals surface area contributed by atoms with E-state index in [1.54, 1.807) is 0 Å². The smallest absolute Gasteiger partial charge is 0.193 e. The van der Waals surface area contributed by atoms with Gasteiger partial charge in [0.1, 0.15) is 0 Å². The van der Waals surface area contributed by atoms with Crippen LogP contribution in [0.4, 0.5) is 0 Å². The molecule has 1 spiro atoms. The number of carbonyl (C=O) groups is 1. The summed E-state index contributed by atoms with van der Waals surface area (Å²) in [7, 11) is 0. The standard InChI is InChI=1S/C38H24O/c39-37(23-10-2-1-3-11-23)24-20-21-32-30(22-24)27-14-6-7-17-31(27)38(32)33-18-8-15-28-25-12-4-5-13-26(25)29-16-9-19-34(38)36(29)35(28)33/h1-16,18-22,31H,17H2. The van der Waals surface area contributed by atoms with Gasteiger partial charge in [0.05, 0.1) is 5.41 Å². The van der Waals surface area contributed by atoms with Gasteiger partial charge in [-0.1, -0.05) is 121 Å². The molecule has 0 bridgehead atoms. The molecule has 3 aliphatic rings. The number of fused-ring (bicyclic) bond motifs is 10. The molecule has 0 saturated heterocycles. The molecule has 6 aromatic rings. The summed E-state index contributed by atoms with van der Waals surface area (Å²) in [6, 6.07) is 38.8. The van der Waals surface area contributed by atoms with Crippen LogP contribution in [0.1, 0.15) is 44.6 Å².